The number of hydrogen-bond acceptors (Lipinski definition) is 4. The molecule has 22 heavy (non-hydrogen) atoms. The van der Waals surface area contributed by atoms with Gasteiger partial charge >= 0.3 is 5.63 Å². The second-order valence-electron chi connectivity index (χ2n) is 4.19. The van der Waals surface area contributed by atoms with Crippen LogP contribution < -0.4 is 10.4 Å². The Labute approximate surface area is 144 Å². The number of benzene rings is 1. The molecule has 4 nitrogen and oxygen atoms in total. The summed E-state index contributed by atoms with van der Waals surface area (Å²) < 4.78 is 17.4. The van der Waals surface area contributed by atoms with Gasteiger partial charge in [0.1, 0.15) is 0 Å². The molecule has 0 aliphatic carbocycles. The molecule has 0 bridgehead atoms. The predicted octanol–water partition coefficient (Wildman–Crippen LogP) is 5.49. The first-order valence-electron chi connectivity index (χ1n) is 7.03. The van der Waals surface area contributed by atoms with Gasteiger partial charge in [-0.1, -0.05) is 29.8 Å². The van der Waals surface area contributed by atoms with Crippen molar-refractivity contribution in [2.75, 3.05) is 11.9 Å². The third-order valence-electron chi connectivity index (χ3n) is 2.91. The Morgan fingerprint density at radius 3 is 2.59 bits per heavy atom. The van der Waals surface area contributed by atoms with Crippen molar-refractivity contribution in [2.45, 2.75) is 20.3 Å². The summed E-state index contributed by atoms with van der Waals surface area (Å²) in [6.45, 7) is 4.51. The molecule has 0 aliphatic rings. The maximum Gasteiger partial charge on any atom is 0.336 e. The minimum Gasteiger partial charge on any atom is -0.486 e. The molecule has 3 rings (SSSR count). The Kier molecular flexibility index (Phi) is 6.08. The fourth-order valence-electron chi connectivity index (χ4n) is 2.02. The summed E-state index contributed by atoms with van der Waals surface area (Å²) in [5, 5.41) is 2.51. The molecule has 1 aromatic carbocycles. The van der Waals surface area contributed by atoms with Gasteiger partial charge in [0.2, 0.25) is 5.75 Å². The van der Waals surface area contributed by atoms with Gasteiger partial charge in [-0.2, -0.15) is 0 Å². The Balaban J connectivity index is 0.000000847. The Bertz CT molecular complexity index is 820. The number of alkyl halides is 1. The smallest absolute Gasteiger partial charge is 0.336 e. The zero-order valence-electron chi connectivity index (χ0n) is 12.3. The molecule has 0 radical (unpaired) electrons. The van der Waals surface area contributed by atoms with Crippen molar-refractivity contribution in [3.8, 4) is 5.75 Å². The van der Waals surface area contributed by atoms with E-state index >= 15 is 0 Å². The van der Waals surface area contributed by atoms with E-state index in [0.717, 1.165) is 27.0 Å². The quantitative estimate of drug-likeness (QED) is 0.311. The molecule has 3 aromatic rings. The van der Waals surface area contributed by atoms with Crippen LogP contribution in [-0.2, 0) is 0 Å². The molecular formula is C16H16Br2O4. The summed E-state index contributed by atoms with van der Waals surface area (Å²) in [5.41, 5.74) is 0.565. The molecular weight excluding hydrogens is 416 g/mol. The van der Waals surface area contributed by atoms with Crippen molar-refractivity contribution >= 4 is 53.8 Å². The summed E-state index contributed by atoms with van der Waals surface area (Å²) in [4.78, 5) is 11.5. The Morgan fingerprint density at radius 2 is 1.86 bits per heavy atom. The zero-order valence-corrected chi connectivity index (χ0v) is 15.5. The number of ether oxygens (including phenoxy) is 1. The molecule has 0 N–H and O–H groups in total. The highest BCUT2D eigenvalue weighted by atomic mass is 79.9. The highest BCUT2D eigenvalue weighted by Gasteiger charge is 2.18. The fraction of sp³-hybridized carbons (Fsp3) is 0.312. The molecule has 0 saturated heterocycles. The first kappa shape index (κ1) is 17.1. The lowest BCUT2D eigenvalue weighted by atomic mass is 10.1. The minimum absolute atomic E-state index is 0.404. The van der Waals surface area contributed by atoms with Crippen LogP contribution in [-0.4, -0.2) is 11.9 Å². The van der Waals surface area contributed by atoms with Gasteiger partial charge in [0.05, 0.1) is 12.9 Å². The van der Waals surface area contributed by atoms with Crippen LogP contribution in [0.1, 0.15) is 20.3 Å². The van der Waals surface area contributed by atoms with E-state index < -0.39 is 5.63 Å². The van der Waals surface area contributed by atoms with E-state index in [9.17, 15) is 4.79 Å². The van der Waals surface area contributed by atoms with Crippen LogP contribution in [0.5, 0.6) is 5.75 Å². The van der Waals surface area contributed by atoms with Gasteiger partial charge < -0.3 is 13.6 Å². The van der Waals surface area contributed by atoms with E-state index in [0.29, 0.717) is 23.5 Å². The van der Waals surface area contributed by atoms with E-state index in [-0.39, 0.29) is 0 Å². The van der Waals surface area contributed by atoms with Crippen LogP contribution in [0.4, 0.5) is 0 Å². The molecule has 6 heteroatoms. The summed E-state index contributed by atoms with van der Waals surface area (Å²) in [7, 11) is 0. The van der Waals surface area contributed by atoms with E-state index in [1.165, 1.54) is 6.07 Å². The largest absolute Gasteiger partial charge is 0.486 e. The molecule has 0 atom stereocenters. The number of furan rings is 1. The number of halogens is 2. The van der Waals surface area contributed by atoms with Gasteiger partial charge in [-0.25, -0.2) is 4.79 Å². The van der Waals surface area contributed by atoms with Gasteiger partial charge in [-0.05, 0) is 34.5 Å². The van der Waals surface area contributed by atoms with Crippen molar-refractivity contribution < 1.29 is 13.6 Å². The third kappa shape index (κ3) is 3.22. The Hall–Kier alpha value is -1.27. The van der Waals surface area contributed by atoms with Crippen molar-refractivity contribution in [2.24, 2.45) is 0 Å². The lowest BCUT2D eigenvalue weighted by Crippen LogP contribution is -2.01. The van der Waals surface area contributed by atoms with Crippen LogP contribution in [0.15, 0.2) is 42.6 Å². The van der Waals surface area contributed by atoms with E-state index in [4.69, 9.17) is 13.6 Å². The van der Waals surface area contributed by atoms with Gasteiger partial charge in [0.25, 0.3) is 0 Å². The van der Waals surface area contributed by atoms with Crippen LogP contribution in [0.25, 0.3) is 21.9 Å². The van der Waals surface area contributed by atoms with Gasteiger partial charge in [-0.15, -0.1) is 0 Å². The first-order valence-corrected chi connectivity index (χ1v) is 8.95. The molecule has 0 unspecified atom stereocenters. The van der Waals surface area contributed by atoms with E-state index in [2.05, 4.69) is 31.9 Å². The molecule has 2 heterocycles. The summed E-state index contributed by atoms with van der Waals surface area (Å²) in [5.74, 6) is 0.474. The predicted molar refractivity (Wildman–Crippen MR) is 95.2 cm³/mol. The number of fused-ring (bicyclic) bond motifs is 2. The van der Waals surface area contributed by atoms with Crippen LogP contribution in [0, 0.1) is 0 Å². The Morgan fingerprint density at radius 1 is 1.14 bits per heavy atom. The highest BCUT2D eigenvalue weighted by molar-refractivity contribution is 9.11. The maximum atomic E-state index is 11.5. The average molecular weight is 432 g/mol. The van der Waals surface area contributed by atoms with Crippen LogP contribution in [0.2, 0.25) is 0 Å². The lowest BCUT2D eigenvalue weighted by molar-refractivity contribution is 0.315. The maximum absolute atomic E-state index is 11.5. The van der Waals surface area contributed by atoms with Crippen LogP contribution in [0.3, 0.4) is 0 Å². The molecule has 0 amide bonds. The summed E-state index contributed by atoms with van der Waals surface area (Å²) in [6, 6.07) is 4.96. The van der Waals surface area contributed by atoms with Crippen molar-refractivity contribution in [3.63, 3.8) is 0 Å². The van der Waals surface area contributed by atoms with E-state index in [1.54, 1.807) is 12.3 Å². The van der Waals surface area contributed by atoms with Crippen molar-refractivity contribution in [1.29, 1.82) is 0 Å². The van der Waals surface area contributed by atoms with Gasteiger partial charge in [-0.3, -0.25) is 0 Å². The normalized spacial score (nSPS) is 10.5. The number of hydrogen-bond donors (Lipinski definition) is 0. The lowest BCUT2D eigenvalue weighted by Gasteiger charge is -2.09. The van der Waals surface area contributed by atoms with Crippen molar-refractivity contribution in [3.05, 3.63) is 39.4 Å². The second-order valence-corrected chi connectivity index (χ2v) is 5.78. The zero-order chi connectivity index (χ0) is 16.1. The minimum atomic E-state index is -0.416. The molecule has 0 fully saturated rings. The average Bonchev–Trinajstić information content (AvgIpc) is 3.02. The molecule has 2 aromatic heterocycles. The molecule has 0 saturated carbocycles. The van der Waals surface area contributed by atoms with Gasteiger partial charge in [0, 0.05) is 26.6 Å². The van der Waals surface area contributed by atoms with Crippen molar-refractivity contribution in [1.82, 2.24) is 0 Å². The number of rotatable bonds is 4. The standard InChI is InChI=1S/C14H10Br2O4.C2H6/c15-5-1-6-18-14-12-9(4-7-19-12)11(16)8-2-3-10(17)20-13(8)14;1-2/h2-4,7H,1,5-6H2;1-2H3. The summed E-state index contributed by atoms with van der Waals surface area (Å²) >= 11 is 6.87. The first-order chi connectivity index (χ1) is 10.7. The fourth-order valence-corrected chi connectivity index (χ4v) is 2.88. The molecule has 0 spiro atoms. The van der Waals surface area contributed by atoms with Crippen LogP contribution >= 0.6 is 31.9 Å². The molecule has 0 aliphatic heterocycles. The van der Waals surface area contributed by atoms with Gasteiger partial charge in [0.15, 0.2) is 11.2 Å². The molecule has 118 valence electrons. The monoisotopic (exact) mass is 430 g/mol. The highest BCUT2D eigenvalue weighted by Crippen LogP contribution is 2.41. The topological polar surface area (TPSA) is 52.6 Å². The SMILES string of the molecule is CC.O=c1ccc2c(Br)c3ccoc3c(OCCCBr)c2o1. The third-order valence-corrected chi connectivity index (χ3v) is 4.32. The summed E-state index contributed by atoms with van der Waals surface area (Å²) in [6.07, 6.45) is 2.43. The second kappa shape index (κ2) is 7.83. The van der Waals surface area contributed by atoms with E-state index in [1.807, 2.05) is 19.9 Å².